The minimum Gasteiger partial charge on any atom is -0.387 e. The van der Waals surface area contributed by atoms with E-state index >= 15 is 0 Å². The van der Waals surface area contributed by atoms with Gasteiger partial charge in [-0.3, -0.25) is 0 Å². The Morgan fingerprint density at radius 2 is 1.89 bits per heavy atom. The van der Waals surface area contributed by atoms with E-state index in [2.05, 4.69) is 42.7 Å². The van der Waals surface area contributed by atoms with Crippen LogP contribution in [0.5, 0.6) is 0 Å². The molecule has 1 aliphatic heterocycles. The van der Waals surface area contributed by atoms with Crippen molar-refractivity contribution in [3.8, 4) is 17.2 Å². The third-order valence-corrected chi connectivity index (χ3v) is 3.45. The number of nitrogens with one attached hydrogen (secondary N) is 1. The van der Waals surface area contributed by atoms with Crippen molar-refractivity contribution in [2.45, 2.75) is 6.92 Å². The van der Waals surface area contributed by atoms with Crippen LogP contribution in [0, 0.1) is 18.3 Å². The first-order valence-corrected chi connectivity index (χ1v) is 6.33. The van der Waals surface area contributed by atoms with Gasteiger partial charge in [-0.1, -0.05) is 24.3 Å². The van der Waals surface area contributed by atoms with Crippen molar-refractivity contribution in [2.24, 2.45) is 0 Å². The molecule has 0 aliphatic carbocycles. The summed E-state index contributed by atoms with van der Waals surface area (Å²) in [5, 5.41) is 14.6. The van der Waals surface area contributed by atoms with E-state index in [1.807, 2.05) is 24.3 Å². The quantitative estimate of drug-likeness (QED) is 0.830. The Balaban J connectivity index is 2.16. The van der Waals surface area contributed by atoms with Crippen LogP contribution >= 0.6 is 0 Å². The van der Waals surface area contributed by atoms with Crippen LogP contribution < -0.4 is 15.8 Å². The molecule has 0 unspecified atom stereocenters. The van der Waals surface area contributed by atoms with Gasteiger partial charge in [0.05, 0.1) is 11.6 Å². The van der Waals surface area contributed by atoms with Gasteiger partial charge in [0.1, 0.15) is 0 Å². The van der Waals surface area contributed by atoms with Gasteiger partial charge in [0.2, 0.25) is 0 Å². The van der Waals surface area contributed by atoms with Crippen LogP contribution in [-0.4, -0.2) is 6.54 Å². The lowest BCUT2D eigenvalue weighted by Gasteiger charge is -2.09. The molecule has 0 saturated carbocycles. The van der Waals surface area contributed by atoms with Gasteiger partial charge in [-0.25, -0.2) is 0 Å². The van der Waals surface area contributed by atoms with Gasteiger partial charge in [-0.15, -0.1) is 0 Å². The summed E-state index contributed by atoms with van der Waals surface area (Å²) in [6.45, 7) is 3.01. The maximum Gasteiger partial charge on any atom is 0.0991 e. The highest BCUT2D eigenvalue weighted by molar-refractivity contribution is 5.66. The second-order valence-electron chi connectivity index (χ2n) is 4.74. The van der Waals surface area contributed by atoms with Crippen LogP contribution in [-0.2, 0) is 0 Å². The molecule has 2 heteroatoms. The largest absolute Gasteiger partial charge is 0.387 e. The monoisotopic (exact) mass is 246 g/mol. The number of benzene rings is 2. The second kappa shape index (κ2) is 4.62. The highest BCUT2D eigenvalue weighted by atomic mass is 14.8. The van der Waals surface area contributed by atoms with E-state index in [0.29, 0.717) is 5.56 Å². The van der Waals surface area contributed by atoms with Gasteiger partial charge in [0, 0.05) is 18.0 Å². The summed E-state index contributed by atoms with van der Waals surface area (Å²) in [5.41, 5.74) is 4.31. The third-order valence-electron chi connectivity index (χ3n) is 3.45. The Morgan fingerprint density at radius 3 is 2.63 bits per heavy atom. The van der Waals surface area contributed by atoms with Crippen LogP contribution in [0.2, 0.25) is 0 Å². The Bertz CT molecular complexity index is 778. The van der Waals surface area contributed by atoms with Gasteiger partial charge in [-0.05, 0) is 47.0 Å². The summed E-state index contributed by atoms with van der Waals surface area (Å²) in [4.78, 5) is 0. The molecule has 0 radical (unpaired) electrons. The van der Waals surface area contributed by atoms with E-state index in [1.54, 1.807) is 0 Å². The first-order chi connectivity index (χ1) is 9.28. The molecule has 0 bridgehead atoms. The van der Waals surface area contributed by atoms with Crippen molar-refractivity contribution < 1.29 is 0 Å². The maximum absolute atomic E-state index is 8.84. The summed E-state index contributed by atoms with van der Waals surface area (Å²) in [5.74, 6) is 0. The maximum atomic E-state index is 8.84. The highest BCUT2D eigenvalue weighted by Crippen LogP contribution is 2.18. The molecule has 0 spiro atoms. The Kier molecular flexibility index (Phi) is 2.81. The lowest BCUT2D eigenvalue weighted by molar-refractivity contribution is 1.05. The van der Waals surface area contributed by atoms with Gasteiger partial charge < -0.3 is 5.32 Å². The molecule has 2 aromatic rings. The number of hydrogen-bond acceptors (Lipinski definition) is 2. The molecular formula is C17H14N2. The minimum atomic E-state index is 0.697. The molecule has 19 heavy (non-hydrogen) atoms. The molecule has 2 aromatic carbocycles. The van der Waals surface area contributed by atoms with E-state index in [9.17, 15) is 0 Å². The standard InChI is InChI=1S/C17H14N2/c1-12-8-16(9-15-6-7-19-11-17(12)15)14-4-2-13(10-18)3-5-14/h2-6,8-9,11,19H,7H2,1H3. The Morgan fingerprint density at radius 1 is 1.11 bits per heavy atom. The normalized spacial score (nSPS) is 12.4. The number of hydrogen-bond donors (Lipinski definition) is 1. The zero-order valence-corrected chi connectivity index (χ0v) is 10.8. The molecule has 1 N–H and O–H groups in total. The molecule has 2 nitrogen and oxygen atoms in total. The van der Waals surface area contributed by atoms with Gasteiger partial charge in [-0.2, -0.15) is 5.26 Å². The van der Waals surface area contributed by atoms with Gasteiger partial charge in [0.25, 0.3) is 0 Å². The fraction of sp³-hybridized carbons (Fsp3) is 0.118. The van der Waals surface area contributed by atoms with Crippen molar-refractivity contribution in [2.75, 3.05) is 6.54 Å². The fourth-order valence-corrected chi connectivity index (χ4v) is 2.43. The predicted molar refractivity (Wildman–Crippen MR) is 77.5 cm³/mol. The van der Waals surface area contributed by atoms with Crippen LogP contribution in [0.15, 0.2) is 36.4 Å². The lowest BCUT2D eigenvalue weighted by Crippen LogP contribution is -2.35. The van der Waals surface area contributed by atoms with Crippen molar-refractivity contribution in [3.63, 3.8) is 0 Å². The van der Waals surface area contributed by atoms with Crippen LogP contribution in [0.3, 0.4) is 0 Å². The number of nitriles is 1. The van der Waals surface area contributed by atoms with E-state index in [0.717, 1.165) is 12.1 Å². The first-order valence-electron chi connectivity index (χ1n) is 6.33. The van der Waals surface area contributed by atoms with Gasteiger partial charge >= 0.3 is 0 Å². The molecule has 92 valence electrons. The van der Waals surface area contributed by atoms with Gasteiger partial charge in [0.15, 0.2) is 0 Å². The summed E-state index contributed by atoms with van der Waals surface area (Å²) in [6, 6.07) is 14.3. The molecule has 1 aliphatic rings. The smallest absolute Gasteiger partial charge is 0.0991 e. The predicted octanol–water partition coefficient (Wildman–Crippen LogP) is 1.66. The molecule has 0 atom stereocenters. The van der Waals surface area contributed by atoms with E-state index in [4.69, 9.17) is 5.26 Å². The Hall–Kier alpha value is -2.53. The summed E-state index contributed by atoms with van der Waals surface area (Å²) < 4.78 is 0. The first kappa shape index (κ1) is 11.6. The zero-order valence-electron chi connectivity index (χ0n) is 10.8. The second-order valence-corrected chi connectivity index (χ2v) is 4.74. The third kappa shape index (κ3) is 2.11. The number of rotatable bonds is 1. The van der Waals surface area contributed by atoms with E-state index in [-0.39, 0.29) is 0 Å². The topological polar surface area (TPSA) is 35.8 Å². The summed E-state index contributed by atoms with van der Waals surface area (Å²) >= 11 is 0. The number of aryl methyl sites for hydroxylation is 1. The van der Waals surface area contributed by atoms with Crippen LogP contribution in [0.25, 0.3) is 23.4 Å². The Labute approximate surface area is 112 Å². The molecule has 0 aromatic heterocycles. The van der Waals surface area contributed by atoms with Crippen LogP contribution in [0.1, 0.15) is 11.1 Å². The average molecular weight is 246 g/mol. The molecule has 0 fully saturated rings. The number of fused-ring (bicyclic) bond motifs is 1. The van der Waals surface area contributed by atoms with Crippen LogP contribution in [0.4, 0.5) is 0 Å². The summed E-state index contributed by atoms with van der Waals surface area (Å²) in [6.07, 6.45) is 4.28. The fourth-order valence-electron chi connectivity index (χ4n) is 2.43. The highest BCUT2D eigenvalue weighted by Gasteiger charge is 2.03. The van der Waals surface area contributed by atoms with Crippen molar-refractivity contribution >= 4 is 12.3 Å². The molecule has 0 saturated heterocycles. The number of nitrogens with zero attached hydrogens (tertiary/aromatic N) is 1. The SMILES string of the molecule is Cc1cc(-c2ccc(C#N)cc2)cc2c1=CNCC=2. The summed E-state index contributed by atoms with van der Waals surface area (Å²) in [7, 11) is 0. The average Bonchev–Trinajstić information content (AvgIpc) is 2.47. The molecule has 0 amide bonds. The molecule has 3 rings (SSSR count). The molecule has 1 heterocycles. The van der Waals surface area contributed by atoms with Crippen molar-refractivity contribution in [1.82, 2.24) is 5.32 Å². The van der Waals surface area contributed by atoms with E-state index in [1.165, 1.54) is 21.6 Å². The lowest BCUT2D eigenvalue weighted by atomic mass is 9.99. The van der Waals surface area contributed by atoms with E-state index < -0.39 is 0 Å². The molecular weight excluding hydrogens is 232 g/mol. The van der Waals surface area contributed by atoms with Crippen molar-refractivity contribution in [3.05, 3.63) is 58.0 Å². The minimum absolute atomic E-state index is 0.697. The zero-order chi connectivity index (χ0) is 13.2. The van der Waals surface area contributed by atoms with Crippen molar-refractivity contribution in [1.29, 1.82) is 5.26 Å².